The lowest BCUT2D eigenvalue weighted by Gasteiger charge is -2.18. The molecule has 0 amide bonds. The number of likely N-dealkylation sites (N-methyl/N-ethyl adjacent to an activating group) is 1. The Morgan fingerprint density at radius 2 is 1.86 bits per heavy atom. The molecule has 0 fully saturated rings. The van der Waals surface area contributed by atoms with E-state index in [1.165, 1.54) is 9.88 Å². The number of nitrogens with one attached hydrogen (secondary N) is 1. The van der Waals surface area contributed by atoms with Gasteiger partial charge in [0.05, 0.1) is 10.7 Å². The molecule has 2 aromatic rings. The molecule has 0 aliphatic heterocycles. The van der Waals surface area contributed by atoms with Gasteiger partial charge >= 0.3 is 0 Å². The number of hydrogen-bond donors (Lipinski definition) is 1. The summed E-state index contributed by atoms with van der Waals surface area (Å²) in [6, 6.07) is 5.95. The number of halogens is 2. The van der Waals surface area contributed by atoms with E-state index < -0.39 is 0 Å². The van der Waals surface area contributed by atoms with E-state index in [0.29, 0.717) is 0 Å². The van der Waals surface area contributed by atoms with Gasteiger partial charge in [-0.15, -0.1) is 11.3 Å². The molecule has 2 rings (SSSR count). The third-order valence-corrected chi connectivity index (χ3v) is 5.30. The van der Waals surface area contributed by atoms with Crippen LogP contribution in [0.3, 0.4) is 0 Å². The first kappa shape index (κ1) is 16.8. The van der Waals surface area contributed by atoms with E-state index in [1.807, 2.05) is 18.2 Å². The van der Waals surface area contributed by atoms with Gasteiger partial charge in [-0.1, -0.05) is 36.2 Å². The largest absolute Gasteiger partial charge is 0.314 e. The van der Waals surface area contributed by atoms with E-state index in [9.17, 15) is 0 Å². The molecule has 0 saturated carbocycles. The van der Waals surface area contributed by atoms with Gasteiger partial charge in [-0.2, -0.15) is 0 Å². The summed E-state index contributed by atoms with van der Waals surface area (Å²) in [4.78, 5) is 5.92. The Hall–Kier alpha value is -0.610. The lowest BCUT2D eigenvalue weighted by molar-refractivity contribution is 0.520. The van der Waals surface area contributed by atoms with Crippen molar-refractivity contribution in [2.45, 2.75) is 39.7 Å². The number of hydrogen-bond acceptors (Lipinski definition) is 3. The fraction of sp³-hybridized carbons (Fsp3) is 0.438. The predicted octanol–water partition coefficient (Wildman–Crippen LogP) is 4.83. The van der Waals surface area contributed by atoms with Crippen LogP contribution < -0.4 is 5.32 Å². The second kappa shape index (κ2) is 7.59. The molecule has 1 aromatic carbocycles. The molecule has 1 aromatic heterocycles. The van der Waals surface area contributed by atoms with Crippen LogP contribution >= 0.6 is 34.5 Å². The average molecular weight is 343 g/mol. The molecular weight excluding hydrogens is 323 g/mol. The van der Waals surface area contributed by atoms with Gasteiger partial charge in [-0.05, 0) is 44.5 Å². The molecule has 1 atom stereocenters. The first-order chi connectivity index (χ1) is 10.0. The van der Waals surface area contributed by atoms with Crippen LogP contribution in [0, 0.1) is 13.8 Å². The van der Waals surface area contributed by atoms with Crippen LogP contribution in [0.4, 0.5) is 0 Å². The van der Waals surface area contributed by atoms with Gasteiger partial charge in [0, 0.05) is 27.4 Å². The van der Waals surface area contributed by atoms with Crippen molar-refractivity contribution < 1.29 is 0 Å². The van der Waals surface area contributed by atoms with Gasteiger partial charge in [-0.25, -0.2) is 4.98 Å². The Labute approximate surface area is 140 Å². The number of thiazole rings is 1. The van der Waals surface area contributed by atoms with E-state index in [0.717, 1.165) is 40.7 Å². The van der Waals surface area contributed by atoms with Crippen LogP contribution in [0.5, 0.6) is 0 Å². The van der Waals surface area contributed by atoms with Crippen LogP contribution in [-0.4, -0.2) is 17.6 Å². The monoisotopic (exact) mass is 342 g/mol. The summed E-state index contributed by atoms with van der Waals surface area (Å²) < 4.78 is 0. The molecule has 114 valence electrons. The summed E-state index contributed by atoms with van der Waals surface area (Å²) in [5.74, 6) is 0. The first-order valence-corrected chi connectivity index (χ1v) is 8.67. The highest BCUT2D eigenvalue weighted by Crippen LogP contribution is 2.27. The van der Waals surface area contributed by atoms with E-state index >= 15 is 0 Å². The summed E-state index contributed by atoms with van der Waals surface area (Å²) in [5, 5.41) is 6.14. The molecule has 5 heteroatoms. The lowest BCUT2D eigenvalue weighted by atomic mass is 10.0. The highest BCUT2D eigenvalue weighted by molar-refractivity contribution is 7.11. The first-order valence-electron chi connectivity index (χ1n) is 7.10. The minimum Gasteiger partial charge on any atom is -0.314 e. The van der Waals surface area contributed by atoms with E-state index in [-0.39, 0.29) is 6.04 Å². The fourth-order valence-electron chi connectivity index (χ4n) is 2.32. The summed E-state index contributed by atoms with van der Waals surface area (Å²) in [6.45, 7) is 7.20. The Morgan fingerprint density at radius 1 is 1.19 bits per heavy atom. The van der Waals surface area contributed by atoms with Crippen LogP contribution in [0.15, 0.2) is 18.2 Å². The highest BCUT2D eigenvalue weighted by Gasteiger charge is 2.16. The van der Waals surface area contributed by atoms with Crippen LogP contribution in [0.2, 0.25) is 10.0 Å². The highest BCUT2D eigenvalue weighted by atomic mass is 35.5. The van der Waals surface area contributed by atoms with Gasteiger partial charge in [0.25, 0.3) is 0 Å². The molecule has 0 aliphatic carbocycles. The van der Waals surface area contributed by atoms with Gasteiger partial charge in [0.1, 0.15) is 0 Å². The smallest absolute Gasteiger partial charge is 0.0946 e. The number of aryl methyl sites for hydroxylation is 2. The van der Waals surface area contributed by atoms with Gasteiger partial charge in [-0.3, -0.25) is 0 Å². The number of rotatable bonds is 6. The second-order valence-electron chi connectivity index (χ2n) is 5.11. The quantitative estimate of drug-likeness (QED) is 0.813. The third kappa shape index (κ3) is 4.43. The Balaban J connectivity index is 2.15. The summed E-state index contributed by atoms with van der Waals surface area (Å²) in [7, 11) is 0. The van der Waals surface area contributed by atoms with Crippen molar-refractivity contribution in [3.8, 4) is 0 Å². The van der Waals surface area contributed by atoms with E-state index in [1.54, 1.807) is 11.3 Å². The number of benzene rings is 1. The van der Waals surface area contributed by atoms with Crippen LogP contribution in [0.1, 0.15) is 28.1 Å². The second-order valence-corrected chi connectivity index (χ2v) is 7.21. The SMILES string of the molecule is CCNC(Cc1nc(C)c(C)s1)Cc1c(Cl)cccc1Cl. The maximum Gasteiger partial charge on any atom is 0.0946 e. The summed E-state index contributed by atoms with van der Waals surface area (Å²) in [5.41, 5.74) is 2.14. The predicted molar refractivity (Wildman–Crippen MR) is 92.9 cm³/mol. The van der Waals surface area contributed by atoms with Crippen LogP contribution in [0.25, 0.3) is 0 Å². The molecule has 0 aliphatic rings. The zero-order chi connectivity index (χ0) is 15.4. The van der Waals surface area contributed by atoms with Gasteiger partial charge in [0.2, 0.25) is 0 Å². The maximum absolute atomic E-state index is 6.28. The summed E-state index contributed by atoms with van der Waals surface area (Å²) >= 11 is 14.3. The van der Waals surface area contributed by atoms with Crippen molar-refractivity contribution in [2.24, 2.45) is 0 Å². The molecule has 1 unspecified atom stereocenters. The Morgan fingerprint density at radius 3 is 2.38 bits per heavy atom. The standard InChI is InChI=1S/C16H20Cl2N2S/c1-4-19-12(9-16-20-10(2)11(3)21-16)8-13-14(17)6-5-7-15(13)18/h5-7,12,19H,4,8-9H2,1-3H3. The molecule has 0 spiro atoms. The van der Waals surface area contributed by atoms with Crippen molar-refractivity contribution in [3.63, 3.8) is 0 Å². The Kier molecular flexibility index (Phi) is 6.06. The average Bonchev–Trinajstić information content (AvgIpc) is 2.73. The van der Waals surface area contributed by atoms with Crippen molar-refractivity contribution in [2.75, 3.05) is 6.54 Å². The lowest BCUT2D eigenvalue weighted by Crippen LogP contribution is -2.33. The Bertz CT molecular complexity index is 571. The minimum atomic E-state index is 0.289. The zero-order valence-electron chi connectivity index (χ0n) is 12.5. The van der Waals surface area contributed by atoms with Crippen LogP contribution in [-0.2, 0) is 12.8 Å². The fourth-order valence-corrected chi connectivity index (χ4v) is 3.88. The van der Waals surface area contributed by atoms with E-state index in [4.69, 9.17) is 23.2 Å². The third-order valence-electron chi connectivity index (χ3n) is 3.50. The number of nitrogens with zero attached hydrogens (tertiary/aromatic N) is 1. The minimum absolute atomic E-state index is 0.289. The molecule has 1 N–H and O–H groups in total. The molecule has 1 heterocycles. The van der Waals surface area contributed by atoms with Gasteiger partial charge in [0.15, 0.2) is 0 Å². The molecule has 0 bridgehead atoms. The molecule has 21 heavy (non-hydrogen) atoms. The molecule has 0 radical (unpaired) electrons. The van der Waals surface area contributed by atoms with E-state index in [2.05, 4.69) is 31.1 Å². The molecule has 2 nitrogen and oxygen atoms in total. The maximum atomic E-state index is 6.28. The topological polar surface area (TPSA) is 24.9 Å². The molecule has 0 saturated heterocycles. The normalized spacial score (nSPS) is 12.6. The van der Waals surface area contributed by atoms with Crippen molar-refractivity contribution in [3.05, 3.63) is 49.4 Å². The number of aromatic nitrogens is 1. The van der Waals surface area contributed by atoms with Crippen molar-refractivity contribution >= 4 is 34.5 Å². The molecular formula is C16H20Cl2N2S. The zero-order valence-corrected chi connectivity index (χ0v) is 14.9. The summed E-state index contributed by atoms with van der Waals surface area (Å²) in [6.07, 6.45) is 1.71. The van der Waals surface area contributed by atoms with Crippen molar-refractivity contribution in [1.29, 1.82) is 0 Å². The van der Waals surface area contributed by atoms with Crippen molar-refractivity contribution in [1.82, 2.24) is 10.3 Å². The van der Waals surface area contributed by atoms with Gasteiger partial charge < -0.3 is 5.32 Å².